The smallest absolute Gasteiger partial charge is 0.410 e. The van der Waals surface area contributed by atoms with Crippen molar-refractivity contribution in [1.82, 2.24) is 31.0 Å². The van der Waals surface area contributed by atoms with Crippen LogP contribution in [-0.2, 0) is 25.6 Å². The number of rotatable bonds is 9. The van der Waals surface area contributed by atoms with E-state index in [-0.39, 0.29) is 12.1 Å². The minimum absolute atomic E-state index is 0.0138. The Morgan fingerprint density at radius 3 is 2.32 bits per heavy atom. The maximum absolute atomic E-state index is 13.1. The van der Waals surface area contributed by atoms with Crippen molar-refractivity contribution in [2.75, 3.05) is 10.6 Å². The van der Waals surface area contributed by atoms with Crippen molar-refractivity contribution in [2.45, 2.75) is 38.8 Å². The summed E-state index contributed by atoms with van der Waals surface area (Å²) in [7, 11) is 0. The van der Waals surface area contributed by atoms with Gasteiger partial charge in [0.1, 0.15) is 18.1 Å². The number of aromatic nitrogens is 4. The van der Waals surface area contributed by atoms with Crippen LogP contribution in [0.2, 0.25) is 5.02 Å². The molecule has 4 amide bonds. The Bertz CT molecular complexity index is 1610. The number of benzene rings is 3. The lowest BCUT2D eigenvalue weighted by atomic mass is 10.0. The van der Waals surface area contributed by atoms with Crippen molar-refractivity contribution < 1.29 is 28.8 Å². The van der Waals surface area contributed by atoms with Gasteiger partial charge in [-0.05, 0) is 79.2 Å². The molecule has 0 aliphatic rings. The summed E-state index contributed by atoms with van der Waals surface area (Å²) in [5, 5.41) is 18.8. The van der Waals surface area contributed by atoms with Gasteiger partial charge in [0.25, 0.3) is 5.91 Å². The van der Waals surface area contributed by atoms with Gasteiger partial charge >= 0.3 is 17.9 Å². The SMILES string of the molecule is CC(C)(C)ONC(=O)[C@H](Cc1ccc(NC(=O)Oc2ccccc2)cc1)NC(=O)C(=O)Nc1cc(Cl)ccc1-n1cnnn1. The van der Waals surface area contributed by atoms with Crippen molar-refractivity contribution in [3.05, 3.63) is 89.7 Å². The second-order valence-electron chi connectivity index (χ2n) is 10.3. The first-order valence-corrected chi connectivity index (χ1v) is 13.6. The Labute approximate surface area is 257 Å². The predicted molar refractivity (Wildman–Crippen MR) is 160 cm³/mol. The number of amides is 4. The minimum atomic E-state index is -1.21. The summed E-state index contributed by atoms with van der Waals surface area (Å²) in [6.07, 6.45) is 0.614. The molecule has 15 heteroatoms. The van der Waals surface area contributed by atoms with Gasteiger partial charge in [0.05, 0.1) is 17.0 Å². The molecule has 1 heterocycles. The Kier molecular flexibility index (Phi) is 10.2. The number of tetrazole rings is 1. The van der Waals surface area contributed by atoms with Crippen LogP contribution in [0.25, 0.3) is 5.69 Å². The molecule has 0 saturated carbocycles. The Balaban J connectivity index is 1.44. The monoisotopic (exact) mass is 620 g/mol. The van der Waals surface area contributed by atoms with Crippen LogP contribution in [0.15, 0.2) is 79.1 Å². The highest BCUT2D eigenvalue weighted by molar-refractivity contribution is 6.40. The fraction of sp³-hybridized carbons (Fsp3) is 0.207. The van der Waals surface area contributed by atoms with E-state index in [1.54, 1.807) is 87.5 Å². The molecule has 0 unspecified atom stereocenters. The van der Waals surface area contributed by atoms with Crippen LogP contribution < -0.4 is 26.2 Å². The van der Waals surface area contributed by atoms with Gasteiger partial charge in [-0.1, -0.05) is 41.9 Å². The van der Waals surface area contributed by atoms with Crippen LogP contribution in [0, 0.1) is 0 Å². The molecule has 0 aliphatic carbocycles. The van der Waals surface area contributed by atoms with Crippen LogP contribution in [0.1, 0.15) is 26.3 Å². The molecule has 14 nitrogen and oxygen atoms in total. The van der Waals surface area contributed by atoms with Gasteiger partial charge in [0.15, 0.2) is 0 Å². The van der Waals surface area contributed by atoms with E-state index in [0.717, 1.165) is 0 Å². The summed E-state index contributed by atoms with van der Waals surface area (Å²) in [5.41, 5.74) is 3.18. The molecular weight excluding hydrogens is 592 g/mol. The largest absolute Gasteiger partial charge is 0.417 e. The zero-order valence-corrected chi connectivity index (χ0v) is 24.7. The van der Waals surface area contributed by atoms with Gasteiger partial charge in [-0.25, -0.2) is 10.3 Å². The molecule has 0 fully saturated rings. The van der Waals surface area contributed by atoms with E-state index >= 15 is 0 Å². The van der Waals surface area contributed by atoms with E-state index in [4.69, 9.17) is 21.2 Å². The van der Waals surface area contributed by atoms with Gasteiger partial charge in [0, 0.05) is 17.1 Å². The third kappa shape index (κ3) is 9.34. The molecule has 0 saturated heterocycles. The molecule has 1 atom stereocenters. The summed E-state index contributed by atoms with van der Waals surface area (Å²) in [4.78, 5) is 56.5. The zero-order chi connectivity index (χ0) is 31.7. The minimum Gasteiger partial charge on any atom is -0.410 e. The number of carbonyl (C=O) groups excluding carboxylic acids is 4. The fourth-order valence-corrected chi connectivity index (χ4v) is 3.84. The lowest BCUT2D eigenvalue weighted by Crippen LogP contribution is -2.51. The first-order valence-electron chi connectivity index (χ1n) is 13.2. The van der Waals surface area contributed by atoms with Crippen LogP contribution >= 0.6 is 11.6 Å². The lowest BCUT2D eigenvalue weighted by Gasteiger charge is -2.23. The van der Waals surface area contributed by atoms with Crippen molar-refractivity contribution in [1.29, 1.82) is 0 Å². The first-order chi connectivity index (χ1) is 21.0. The standard InChI is InChI=1S/C29H29ClN8O6/c1-29(2,3)44-35-25(39)23(15-18-9-12-20(13-10-18)32-28(42)43-21-7-5-4-6-8-21)34-27(41)26(40)33-22-16-19(30)11-14-24(22)38-17-31-36-37-38/h4-14,16-17,23H,15H2,1-3H3,(H,32,42)(H,33,40)(H,34,41)(H,35,39)/t23-/m0/s1. The number of carbonyl (C=O) groups is 4. The summed E-state index contributed by atoms with van der Waals surface area (Å²) in [6.45, 7) is 5.20. The molecule has 0 aliphatic heterocycles. The molecule has 4 N–H and O–H groups in total. The number of halogens is 1. The van der Waals surface area contributed by atoms with Gasteiger partial charge < -0.3 is 15.4 Å². The molecule has 0 bridgehead atoms. The summed E-state index contributed by atoms with van der Waals surface area (Å²) in [6, 6.07) is 18.4. The number of hydrogen-bond acceptors (Lipinski definition) is 9. The number of anilines is 2. The zero-order valence-electron chi connectivity index (χ0n) is 23.9. The highest BCUT2D eigenvalue weighted by Gasteiger charge is 2.27. The number of hydrogen-bond donors (Lipinski definition) is 4. The van der Waals surface area contributed by atoms with Gasteiger partial charge in [-0.2, -0.15) is 4.68 Å². The quantitative estimate of drug-likeness (QED) is 0.161. The van der Waals surface area contributed by atoms with E-state index in [2.05, 4.69) is 37.0 Å². The second kappa shape index (κ2) is 14.2. The molecule has 1 aromatic heterocycles. The molecule has 4 aromatic rings. The Hall–Kier alpha value is -5.34. The molecule has 44 heavy (non-hydrogen) atoms. The maximum atomic E-state index is 13.1. The molecule has 0 radical (unpaired) electrons. The number of hydroxylamine groups is 1. The molecule has 4 rings (SSSR count). The summed E-state index contributed by atoms with van der Waals surface area (Å²) >= 11 is 6.09. The number of para-hydroxylation sites is 1. The first kappa shape index (κ1) is 31.6. The normalized spacial score (nSPS) is 11.6. The summed E-state index contributed by atoms with van der Waals surface area (Å²) < 4.78 is 6.50. The van der Waals surface area contributed by atoms with Crippen LogP contribution in [0.3, 0.4) is 0 Å². The molecule has 3 aromatic carbocycles. The number of ether oxygens (including phenoxy) is 1. The average Bonchev–Trinajstić information content (AvgIpc) is 3.51. The highest BCUT2D eigenvalue weighted by Crippen LogP contribution is 2.24. The lowest BCUT2D eigenvalue weighted by molar-refractivity contribution is -0.149. The van der Waals surface area contributed by atoms with Crippen molar-refractivity contribution in [3.8, 4) is 11.4 Å². The maximum Gasteiger partial charge on any atom is 0.417 e. The van der Waals surface area contributed by atoms with Crippen LogP contribution in [-0.4, -0.2) is 55.7 Å². The van der Waals surface area contributed by atoms with Crippen molar-refractivity contribution in [2.24, 2.45) is 0 Å². The summed E-state index contributed by atoms with van der Waals surface area (Å²) in [5.74, 6) is -2.46. The van der Waals surface area contributed by atoms with E-state index in [1.807, 2.05) is 0 Å². The topological polar surface area (TPSA) is 178 Å². The van der Waals surface area contributed by atoms with E-state index < -0.39 is 35.5 Å². The predicted octanol–water partition coefficient (Wildman–Crippen LogP) is 3.44. The fourth-order valence-electron chi connectivity index (χ4n) is 3.67. The third-order valence-electron chi connectivity index (χ3n) is 5.68. The van der Waals surface area contributed by atoms with Gasteiger partial charge in [-0.15, -0.1) is 5.10 Å². The van der Waals surface area contributed by atoms with E-state index in [1.165, 1.54) is 17.1 Å². The molecule has 228 valence electrons. The van der Waals surface area contributed by atoms with Crippen LogP contribution in [0.4, 0.5) is 16.2 Å². The van der Waals surface area contributed by atoms with Gasteiger partial charge in [0.2, 0.25) is 0 Å². The van der Waals surface area contributed by atoms with Crippen molar-refractivity contribution in [3.63, 3.8) is 0 Å². The number of nitrogens with zero attached hydrogens (tertiary/aromatic N) is 4. The average molecular weight is 621 g/mol. The highest BCUT2D eigenvalue weighted by atomic mass is 35.5. The second-order valence-corrected chi connectivity index (χ2v) is 10.7. The third-order valence-corrected chi connectivity index (χ3v) is 5.92. The van der Waals surface area contributed by atoms with Gasteiger partial charge in [-0.3, -0.25) is 24.5 Å². The number of nitrogens with one attached hydrogen (secondary N) is 4. The van der Waals surface area contributed by atoms with E-state index in [9.17, 15) is 19.2 Å². The van der Waals surface area contributed by atoms with E-state index in [0.29, 0.717) is 27.7 Å². The molecular formula is C29H29ClN8O6. The molecule has 0 spiro atoms. The Morgan fingerprint density at radius 1 is 0.932 bits per heavy atom. The van der Waals surface area contributed by atoms with Crippen LogP contribution in [0.5, 0.6) is 5.75 Å². The Morgan fingerprint density at radius 2 is 1.66 bits per heavy atom. The van der Waals surface area contributed by atoms with Crippen molar-refractivity contribution >= 4 is 46.8 Å².